The predicted octanol–water partition coefficient (Wildman–Crippen LogP) is 3.36. The Balaban J connectivity index is 1.50. The minimum atomic E-state index is -0.0384. The number of rotatable bonds is 5. The lowest BCUT2D eigenvalue weighted by molar-refractivity contribution is -0.121. The lowest BCUT2D eigenvalue weighted by Gasteiger charge is -2.17. The highest BCUT2D eigenvalue weighted by atomic mass is 35.5. The molecule has 2 amide bonds. The summed E-state index contributed by atoms with van der Waals surface area (Å²) >= 11 is 5.84. The number of halogens is 1. The number of hydrogen-bond acceptors (Lipinski definition) is 2. The number of aryl methyl sites for hydroxylation is 1. The molecule has 1 N–H and O–H groups in total. The summed E-state index contributed by atoms with van der Waals surface area (Å²) < 4.78 is 0. The average Bonchev–Trinajstić information content (AvgIpc) is 2.97. The molecule has 25 heavy (non-hydrogen) atoms. The number of anilines is 1. The maximum atomic E-state index is 12.2. The second-order valence-corrected chi connectivity index (χ2v) is 6.95. The summed E-state index contributed by atoms with van der Waals surface area (Å²) in [6.45, 7) is 3.18. The van der Waals surface area contributed by atoms with Gasteiger partial charge in [0.1, 0.15) is 0 Å². The van der Waals surface area contributed by atoms with Crippen molar-refractivity contribution in [3.05, 3.63) is 64.7 Å². The largest absolute Gasteiger partial charge is 0.355 e. The van der Waals surface area contributed by atoms with Crippen LogP contribution >= 0.6 is 11.6 Å². The zero-order valence-electron chi connectivity index (χ0n) is 14.2. The Bertz CT molecular complexity index is 756. The molecule has 0 bridgehead atoms. The normalized spacial score (nSPS) is 17.0. The van der Waals surface area contributed by atoms with Crippen LogP contribution < -0.4 is 10.2 Å². The summed E-state index contributed by atoms with van der Waals surface area (Å²) in [5.74, 6) is 0.215. The van der Waals surface area contributed by atoms with Crippen molar-refractivity contribution < 1.29 is 9.59 Å². The van der Waals surface area contributed by atoms with Crippen LogP contribution in [-0.2, 0) is 16.0 Å². The first-order valence-electron chi connectivity index (χ1n) is 8.39. The van der Waals surface area contributed by atoms with E-state index in [0.717, 1.165) is 11.3 Å². The molecule has 1 saturated heterocycles. The van der Waals surface area contributed by atoms with Crippen LogP contribution in [0.2, 0.25) is 5.02 Å². The molecule has 0 saturated carbocycles. The van der Waals surface area contributed by atoms with Crippen molar-refractivity contribution in [2.75, 3.05) is 18.0 Å². The smallest absolute Gasteiger partial charge is 0.227 e. The van der Waals surface area contributed by atoms with E-state index in [1.54, 1.807) is 17.0 Å². The third-order valence-electron chi connectivity index (χ3n) is 4.42. The first kappa shape index (κ1) is 17.5. The molecule has 1 aliphatic heterocycles. The van der Waals surface area contributed by atoms with E-state index in [-0.39, 0.29) is 17.7 Å². The molecular weight excluding hydrogens is 336 g/mol. The number of amides is 2. The summed E-state index contributed by atoms with van der Waals surface area (Å²) in [6.07, 6.45) is 0.786. The Labute approximate surface area is 152 Å². The lowest BCUT2D eigenvalue weighted by atomic mass is 10.1. The summed E-state index contributed by atoms with van der Waals surface area (Å²) in [6, 6.07) is 15.2. The maximum Gasteiger partial charge on any atom is 0.227 e. The summed E-state index contributed by atoms with van der Waals surface area (Å²) in [5, 5.41) is 3.60. The predicted molar refractivity (Wildman–Crippen MR) is 99.8 cm³/mol. The van der Waals surface area contributed by atoms with Gasteiger partial charge in [0.15, 0.2) is 0 Å². The molecule has 0 radical (unpaired) electrons. The molecule has 130 valence electrons. The summed E-state index contributed by atoms with van der Waals surface area (Å²) in [7, 11) is 0. The van der Waals surface area contributed by atoms with Gasteiger partial charge < -0.3 is 10.2 Å². The zero-order valence-corrected chi connectivity index (χ0v) is 14.9. The minimum absolute atomic E-state index is 0.0384. The van der Waals surface area contributed by atoms with E-state index in [2.05, 4.69) is 5.32 Å². The van der Waals surface area contributed by atoms with Gasteiger partial charge in [0, 0.05) is 36.1 Å². The van der Waals surface area contributed by atoms with Gasteiger partial charge in [-0.3, -0.25) is 9.59 Å². The van der Waals surface area contributed by atoms with Crippen LogP contribution in [0.4, 0.5) is 5.69 Å². The van der Waals surface area contributed by atoms with Gasteiger partial charge in [0.05, 0.1) is 6.42 Å². The highest BCUT2D eigenvalue weighted by Crippen LogP contribution is 2.25. The second-order valence-electron chi connectivity index (χ2n) is 6.52. The molecule has 0 spiro atoms. The maximum absolute atomic E-state index is 12.2. The quantitative estimate of drug-likeness (QED) is 0.893. The summed E-state index contributed by atoms with van der Waals surface area (Å²) in [4.78, 5) is 26.1. The molecule has 0 aromatic heterocycles. The Morgan fingerprint density at radius 1 is 1.16 bits per heavy atom. The SMILES string of the molecule is Cc1ccc(N2CC(CNC(=O)Cc3ccc(Cl)cc3)CC2=O)cc1. The van der Waals surface area contributed by atoms with E-state index >= 15 is 0 Å². The van der Waals surface area contributed by atoms with Gasteiger partial charge in [-0.2, -0.15) is 0 Å². The first-order valence-corrected chi connectivity index (χ1v) is 8.77. The number of nitrogens with zero attached hydrogens (tertiary/aromatic N) is 1. The zero-order chi connectivity index (χ0) is 17.8. The van der Waals surface area contributed by atoms with Crippen LogP contribution in [0, 0.1) is 12.8 Å². The van der Waals surface area contributed by atoms with Crippen molar-refractivity contribution in [1.29, 1.82) is 0 Å². The Hall–Kier alpha value is -2.33. The van der Waals surface area contributed by atoms with Crippen LogP contribution in [0.5, 0.6) is 0 Å². The van der Waals surface area contributed by atoms with E-state index in [9.17, 15) is 9.59 Å². The van der Waals surface area contributed by atoms with Crippen LogP contribution in [0.1, 0.15) is 17.5 Å². The Morgan fingerprint density at radius 2 is 1.84 bits per heavy atom. The van der Waals surface area contributed by atoms with Crippen LogP contribution in [0.3, 0.4) is 0 Å². The molecule has 1 unspecified atom stereocenters. The molecule has 1 aliphatic rings. The molecule has 2 aromatic rings. The van der Waals surface area contributed by atoms with Gasteiger partial charge in [0.2, 0.25) is 11.8 Å². The van der Waals surface area contributed by atoms with Gasteiger partial charge in [-0.15, -0.1) is 0 Å². The van der Waals surface area contributed by atoms with E-state index < -0.39 is 0 Å². The number of carbonyl (C=O) groups excluding carboxylic acids is 2. The van der Waals surface area contributed by atoms with Crippen molar-refractivity contribution in [1.82, 2.24) is 5.32 Å². The van der Waals surface area contributed by atoms with Gasteiger partial charge in [-0.1, -0.05) is 41.4 Å². The lowest BCUT2D eigenvalue weighted by Crippen LogP contribution is -2.32. The van der Waals surface area contributed by atoms with Crippen molar-refractivity contribution >= 4 is 29.1 Å². The molecular formula is C20H21ClN2O2. The van der Waals surface area contributed by atoms with Gasteiger partial charge in [-0.05, 0) is 36.8 Å². The fraction of sp³-hybridized carbons (Fsp3) is 0.300. The van der Waals surface area contributed by atoms with Crippen molar-refractivity contribution in [2.24, 2.45) is 5.92 Å². The number of hydrogen-bond donors (Lipinski definition) is 1. The number of benzene rings is 2. The van der Waals surface area contributed by atoms with Gasteiger partial charge in [-0.25, -0.2) is 0 Å². The van der Waals surface area contributed by atoms with Gasteiger partial charge in [0.25, 0.3) is 0 Å². The molecule has 5 heteroatoms. The van der Waals surface area contributed by atoms with Crippen LogP contribution in [0.25, 0.3) is 0 Å². The Kier molecular flexibility index (Phi) is 5.39. The minimum Gasteiger partial charge on any atom is -0.355 e. The molecule has 0 aliphatic carbocycles. The third kappa shape index (κ3) is 4.60. The highest BCUT2D eigenvalue weighted by molar-refractivity contribution is 6.30. The van der Waals surface area contributed by atoms with E-state index in [1.807, 2.05) is 43.3 Å². The fourth-order valence-electron chi connectivity index (χ4n) is 3.00. The highest BCUT2D eigenvalue weighted by Gasteiger charge is 2.30. The van der Waals surface area contributed by atoms with E-state index in [1.165, 1.54) is 5.56 Å². The molecule has 2 aromatic carbocycles. The molecule has 4 nitrogen and oxygen atoms in total. The Morgan fingerprint density at radius 3 is 2.52 bits per heavy atom. The topological polar surface area (TPSA) is 49.4 Å². The van der Waals surface area contributed by atoms with E-state index in [4.69, 9.17) is 11.6 Å². The first-order chi connectivity index (χ1) is 12.0. The molecule has 1 atom stereocenters. The molecule has 1 fully saturated rings. The molecule has 1 heterocycles. The monoisotopic (exact) mass is 356 g/mol. The van der Waals surface area contributed by atoms with Crippen molar-refractivity contribution in [3.63, 3.8) is 0 Å². The van der Waals surface area contributed by atoms with Crippen LogP contribution in [-0.4, -0.2) is 24.9 Å². The number of nitrogens with one attached hydrogen (secondary N) is 1. The fourth-order valence-corrected chi connectivity index (χ4v) is 3.13. The van der Waals surface area contributed by atoms with Gasteiger partial charge >= 0.3 is 0 Å². The second kappa shape index (κ2) is 7.70. The van der Waals surface area contributed by atoms with E-state index in [0.29, 0.717) is 31.0 Å². The van der Waals surface area contributed by atoms with Crippen molar-refractivity contribution in [2.45, 2.75) is 19.8 Å². The third-order valence-corrected chi connectivity index (χ3v) is 4.67. The van der Waals surface area contributed by atoms with Crippen molar-refractivity contribution in [3.8, 4) is 0 Å². The standard InChI is InChI=1S/C20H21ClN2O2/c1-14-2-8-18(9-3-14)23-13-16(11-20(23)25)12-22-19(24)10-15-4-6-17(21)7-5-15/h2-9,16H,10-13H2,1H3,(H,22,24). The number of carbonyl (C=O) groups is 2. The summed E-state index contributed by atoms with van der Waals surface area (Å²) in [5.41, 5.74) is 3.01. The van der Waals surface area contributed by atoms with Crippen LogP contribution in [0.15, 0.2) is 48.5 Å². The average molecular weight is 357 g/mol. The molecule has 3 rings (SSSR count).